The van der Waals surface area contributed by atoms with Crippen LogP contribution in [0, 0.1) is 0 Å². The summed E-state index contributed by atoms with van der Waals surface area (Å²) >= 11 is 0. The zero-order valence-corrected chi connectivity index (χ0v) is 36.7. The second-order valence-corrected chi connectivity index (χ2v) is 16.7. The second-order valence-electron chi connectivity index (χ2n) is 16.7. The molecule has 0 aliphatic carbocycles. The summed E-state index contributed by atoms with van der Waals surface area (Å²) in [6.07, 6.45) is 1.82. The number of rotatable bonds is 19. The number of nitrogens with one attached hydrogen (secondary N) is 5. The number of amides is 3. The van der Waals surface area contributed by atoms with Gasteiger partial charge in [0.2, 0.25) is 11.8 Å². The van der Waals surface area contributed by atoms with E-state index in [1.807, 2.05) is 85.8 Å². The maximum atomic E-state index is 12.8. The van der Waals surface area contributed by atoms with Crippen LogP contribution in [-0.2, 0) is 40.1 Å². The molecule has 1 fully saturated rings. The number of para-hydroxylation sites is 2. The fraction of sp³-hybridized carbons (Fsp3) is 0.308. The van der Waals surface area contributed by atoms with E-state index in [-0.39, 0.29) is 48.2 Å². The number of hydrogen-bond acceptors (Lipinski definition) is 9. The van der Waals surface area contributed by atoms with Gasteiger partial charge in [0.05, 0.1) is 23.7 Å². The average molecular weight is 879 g/mol. The van der Waals surface area contributed by atoms with Crippen LogP contribution in [0.15, 0.2) is 132 Å². The first-order valence-electron chi connectivity index (χ1n) is 22.4. The summed E-state index contributed by atoms with van der Waals surface area (Å²) in [4.78, 5) is 55.6. The molecule has 6 aromatic rings. The number of aromatic hydroxyl groups is 1. The number of nitrogens with zero attached hydrogens (tertiary/aromatic N) is 1. The van der Waals surface area contributed by atoms with Crippen LogP contribution >= 0.6 is 0 Å². The number of pyridine rings is 1. The number of piperidine rings is 1. The third-order valence-corrected chi connectivity index (χ3v) is 11.8. The zero-order chi connectivity index (χ0) is 45.5. The van der Waals surface area contributed by atoms with E-state index in [1.165, 1.54) is 6.07 Å². The molecule has 0 saturated carbocycles. The van der Waals surface area contributed by atoms with Gasteiger partial charge in [-0.3, -0.25) is 19.7 Å². The molecule has 0 bridgehead atoms. The van der Waals surface area contributed by atoms with Gasteiger partial charge < -0.3 is 40.8 Å². The quantitative estimate of drug-likeness (QED) is 0.0461. The maximum absolute atomic E-state index is 12.8. The number of benzene rings is 5. The molecular weight excluding hydrogens is 821 g/mol. The highest BCUT2D eigenvalue weighted by Gasteiger charge is 2.23. The van der Waals surface area contributed by atoms with Gasteiger partial charge in [-0.25, -0.2) is 4.79 Å². The van der Waals surface area contributed by atoms with E-state index < -0.39 is 17.8 Å². The molecule has 0 unspecified atom stereocenters. The SMILES string of the molecule is C[C@H](Cc1ccc(CCNC(=O)Cc2ccc(CNC(=O)CCN3CCC(OC(=O)Nc4ccccc4-c4ccccc4)CC3)cc2)cc1)NC[C@H](O)c1cc2cccc(O)c2[nH]c1=O. The molecular formula is C52H58N6O7. The lowest BCUT2D eigenvalue weighted by molar-refractivity contribution is -0.122. The van der Waals surface area contributed by atoms with Gasteiger partial charge >= 0.3 is 6.09 Å². The van der Waals surface area contributed by atoms with Gasteiger partial charge in [0.15, 0.2) is 0 Å². The summed E-state index contributed by atoms with van der Waals surface area (Å²) in [6.45, 7) is 5.27. The Bertz CT molecular complexity index is 2570. The number of anilines is 1. The summed E-state index contributed by atoms with van der Waals surface area (Å²) in [6, 6.07) is 40.1. The summed E-state index contributed by atoms with van der Waals surface area (Å²) in [5.41, 5.74) is 6.89. The highest BCUT2D eigenvalue weighted by Crippen LogP contribution is 2.28. The molecule has 13 heteroatoms. The Labute approximate surface area is 379 Å². The molecule has 2 atom stereocenters. The number of ether oxygens (including phenoxy) is 1. The molecule has 7 N–H and O–H groups in total. The number of phenols is 1. The van der Waals surface area contributed by atoms with Crippen molar-refractivity contribution in [3.63, 3.8) is 0 Å². The van der Waals surface area contributed by atoms with Crippen molar-refractivity contribution in [3.05, 3.63) is 166 Å². The van der Waals surface area contributed by atoms with E-state index in [0.717, 1.165) is 52.9 Å². The van der Waals surface area contributed by atoms with Gasteiger partial charge in [0.1, 0.15) is 11.9 Å². The number of carbonyl (C=O) groups excluding carboxylic acids is 3. The molecule has 2 heterocycles. The fourth-order valence-electron chi connectivity index (χ4n) is 8.09. The standard InChI is InChI=1S/C52H58N6O7/c1-35(54-34-47(60)44-32-41-10-7-13-46(59)50(41)57-51(44)63)30-37-16-14-36(15-17-37)22-26-53-49(62)31-38-18-20-39(21-19-38)33-55-48(61)25-29-58-27-23-42(24-28-58)65-52(64)56-45-12-6-5-11-43(45)40-8-3-2-4-9-40/h2-21,32,35,42,47,54,59-60H,22-31,33-34H2,1H3,(H,53,62)(H,55,61)(H,56,64)(H,57,63)/t35-,47+/m1/s1. The van der Waals surface area contributed by atoms with Crippen molar-refractivity contribution in [2.75, 3.05) is 38.0 Å². The molecule has 1 aliphatic rings. The molecule has 13 nitrogen and oxygen atoms in total. The fourth-order valence-corrected chi connectivity index (χ4v) is 8.09. The average Bonchev–Trinajstić information content (AvgIpc) is 3.31. The highest BCUT2D eigenvalue weighted by molar-refractivity contribution is 5.91. The van der Waals surface area contributed by atoms with Crippen molar-refractivity contribution >= 4 is 34.5 Å². The predicted octanol–water partition coefficient (Wildman–Crippen LogP) is 6.78. The summed E-state index contributed by atoms with van der Waals surface area (Å²) in [5.74, 6) is -0.102. The predicted molar refractivity (Wildman–Crippen MR) is 254 cm³/mol. The van der Waals surface area contributed by atoms with Crippen LogP contribution in [0.2, 0.25) is 0 Å². The number of likely N-dealkylation sites (tertiary alicyclic amines) is 1. The molecule has 1 saturated heterocycles. The summed E-state index contributed by atoms with van der Waals surface area (Å²) in [7, 11) is 0. The lowest BCUT2D eigenvalue weighted by atomic mass is 10.0. The Morgan fingerprint density at radius 2 is 1.49 bits per heavy atom. The van der Waals surface area contributed by atoms with Gasteiger partial charge in [-0.1, -0.05) is 109 Å². The first-order valence-corrected chi connectivity index (χ1v) is 22.4. The monoisotopic (exact) mass is 878 g/mol. The minimum atomic E-state index is -1.01. The van der Waals surface area contributed by atoms with E-state index in [4.69, 9.17) is 4.74 Å². The molecule has 7 rings (SSSR count). The second kappa shape index (κ2) is 22.7. The lowest BCUT2D eigenvalue weighted by Crippen LogP contribution is -2.40. The van der Waals surface area contributed by atoms with E-state index >= 15 is 0 Å². The zero-order valence-electron chi connectivity index (χ0n) is 36.7. The topological polar surface area (TPSA) is 185 Å². The Morgan fingerprint density at radius 1 is 0.800 bits per heavy atom. The molecule has 65 heavy (non-hydrogen) atoms. The molecule has 0 radical (unpaired) electrons. The number of phenolic OH excluding ortho intramolecular Hbond substituents is 1. The van der Waals surface area contributed by atoms with Crippen LogP contribution in [0.1, 0.15) is 60.1 Å². The minimum Gasteiger partial charge on any atom is -0.506 e. The number of aliphatic hydroxyl groups is 1. The Kier molecular flexibility index (Phi) is 16.1. The van der Waals surface area contributed by atoms with Gasteiger partial charge in [-0.15, -0.1) is 0 Å². The van der Waals surface area contributed by atoms with Crippen LogP contribution in [0.4, 0.5) is 10.5 Å². The Hall–Kier alpha value is -6.80. The van der Waals surface area contributed by atoms with E-state index in [2.05, 4.69) is 55.4 Å². The first kappa shape index (κ1) is 46.2. The number of carbonyl (C=O) groups is 3. The smallest absolute Gasteiger partial charge is 0.411 e. The van der Waals surface area contributed by atoms with Gasteiger partial charge in [-0.2, -0.15) is 0 Å². The van der Waals surface area contributed by atoms with E-state index in [0.29, 0.717) is 61.9 Å². The summed E-state index contributed by atoms with van der Waals surface area (Å²) < 4.78 is 5.76. The summed E-state index contributed by atoms with van der Waals surface area (Å²) in [5, 5.41) is 33.6. The van der Waals surface area contributed by atoms with Crippen molar-refractivity contribution in [1.82, 2.24) is 25.8 Å². The maximum Gasteiger partial charge on any atom is 0.411 e. The number of aliphatic hydroxyl groups excluding tert-OH is 1. The third-order valence-electron chi connectivity index (χ3n) is 11.8. The van der Waals surface area contributed by atoms with Crippen molar-refractivity contribution in [1.29, 1.82) is 0 Å². The number of aromatic nitrogens is 1. The minimum absolute atomic E-state index is 0.0142. The Morgan fingerprint density at radius 3 is 2.26 bits per heavy atom. The van der Waals surface area contributed by atoms with Crippen molar-refractivity contribution in [2.45, 2.75) is 70.2 Å². The van der Waals surface area contributed by atoms with Crippen LogP contribution in [0.25, 0.3) is 22.0 Å². The highest BCUT2D eigenvalue weighted by atomic mass is 16.6. The van der Waals surface area contributed by atoms with Crippen LogP contribution in [0.5, 0.6) is 5.75 Å². The number of aromatic amines is 1. The van der Waals surface area contributed by atoms with E-state index in [9.17, 15) is 29.4 Å². The van der Waals surface area contributed by atoms with Gasteiger partial charge in [0.25, 0.3) is 5.56 Å². The third kappa shape index (κ3) is 13.6. The normalized spacial score (nSPS) is 14.1. The molecule has 5 aromatic carbocycles. The largest absolute Gasteiger partial charge is 0.506 e. The van der Waals surface area contributed by atoms with Crippen LogP contribution < -0.4 is 26.8 Å². The van der Waals surface area contributed by atoms with Crippen LogP contribution in [-0.4, -0.2) is 82.9 Å². The Balaban J connectivity index is 0.732. The molecule has 0 spiro atoms. The van der Waals surface area contributed by atoms with Gasteiger partial charge in [0, 0.05) is 68.2 Å². The van der Waals surface area contributed by atoms with Crippen molar-refractivity contribution in [2.24, 2.45) is 0 Å². The first-order chi connectivity index (χ1) is 31.6. The lowest BCUT2D eigenvalue weighted by Gasteiger charge is -2.31. The number of hydrogen-bond donors (Lipinski definition) is 7. The number of fused-ring (bicyclic) bond motifs is 1. The molecule has 338 valence electrons. The molecule has 1 aromatic heterocycles. The van der Waals surface area contributed by atoms with Crippen molar-refractivity contribution < 1.29 is 29.3 Å². The van der Waals surface area contributed by atoms with E-state index in [1.54, 1.807) is 18.2 Å². The van der Waals surface area contributed by atoms with Gasteiger partial charge in [-0.05, 0) is 78.6 Å². The van der Waals surface area contributed by atoms with Crippen molar-refractivity contribution in [3.8, 4) is 16.9 Å². The molecule has 1 aliphatic heterocycles. The number of H-pyrrole nitrogens is 1. The molecule has 3 amide bonds. The van der Waals surface area contributed by atoms with Crippen LogP contribution in [0.3, 0.4) is 0 Å².